The van der Waals surface area contributed by atoms with Crippen LogP contribution in [0.3, 0.4) is 0 Å². The second kappa shape index (κ2) is 6.60. The maximum atomic E-state index is 12.9. The van der Waals surface area contributed by atoms with Crippen molar-refractivity contribution in [2.24, 2.45) is 0 Å². The van der Waals surface area contributed by atoms with Gasteiger partial charge in [0.2, 0.25) is 0 Å². The Morgan fingerprint density at radius 1 is 1.41 bits per heavy atom. The van der Waals surface area contributed by atoms with E-state index in [0.717, 1.165) is 12.8 Å². The maximum Gasteiger partial charge on any atom is 0.255 e. The molecule has 0 atom stereocenters. The highest BCUT2D eigenvalue weighted by atomic mass is 35.5. The topological polar surface area (TPSA) is 20.3 Å². The molecule has 17 heavy (non-hydrogen) atoms. The van der Waals surface area contributed by atoms with E-state index in [1.165, 1.54) is 18.2 Å². The molecule has 0 fully saturated rings. The zero-order valence-electron chi connectivity index (χ0n) is 10.2. The summed E-state index contributed by atoms with van der Waals surface area (Å²) >= 11 is 5.87. The molecular weight excluding hydrogens is 241 g/mol. The van der Waals surface area contributed by atoms with Crippen molar-refractivity contribution >= 4 is 17.5 Å². The van der Waals surface area contributed by atoms with Crippen molar-refractivity contribution in [1.29, 1.82) is 0 Å². The molecule has 1 rings (SSSR count). The van der Waals surface area contributed by atoms with Crippen LogP contribution in [0.2, 0.25) is 5.02 Å². The van der Waals surface area contributed by atoms with Gasteiger partial charge in [0, 0.05) is 13.1 Å². The Balaban J connectivity index is 2.86. The number of nitrogens with zero attached hydrogens (tertiary/aromatic N) is 1. The van der Waals surface area contributed by atoms with E-state index >= 15 is 0 Å². The zero-order valence-corrected chi connectivity index (χ0v) is 10.9. The Morgan fingerprint density at radius 3 is 2.65 bits per heavy atom. The Hall–Kier alpha value is -1.09. The molecule has 0 aliphatic heterocycles. The summed E-state index contributed by atoms with van der Waals surface area (Å²) in [6.45, 7) is 5.33. The molecule has 1 aromatic rings. The molecule has 4 heteroatoms. The molecule has 0 heterocycles. The maximum absolute atomic E-state index is 12.9. The van der Waals surface area contributed by atoms with E-state index in [-0.39, 0.29) is 10.9 Å². The molecule has 0 bridgehead atoms. The molecule has 0 radical (unpaired) electrons. The van der Waals surface area contributed by atoms with Crippen LogP contribution in [-0.2, 0) is 0 Å². The SMILES string of the molecule is CCCCN(CC)C(=O)c1ccc(F)cc1Cl. The summed E-state index contributed by atoms with van der Waals surface area (Å²) in [5.41, 5.74) is 0.367. The number of hydrogen-bond donors (Lipinski definition) is 0. The van der Waals surface area contributed by atoms with Crippen molar-refractivity contribution in [2.75, 3.05) is 13.1 Å². The average molecular weight is 258 g/mol. The molecule has 0 spiro atoms. The lowest BCUT2D eigenvalue weighted by Gasteiger charge is -2.21. The Bertz CT molecular complexity index is 395. The first-order valence-corrected chi connectivity index (χ1v) is 6.22. The van der Waals surface area contributed by atoms with E-state index in [2.05, 4.69) is 6.92 Å². The third kappa shape index (κ3) is 3.70. The lowest BCUT2D eigenvalue weighted by atomic mass is 10.2. The predicted octanol–water partition coefficient (Wildman–Crippen LogP) is 3.74. The zero-order chi connectivity index (χ0) is 12.8. The molecule has 2 nitrogen and oxygen atoms in total. The first kappa shape index (κ1) is 14.0. The molecule has 0 aromatic heterocycles. The van der Waals surface area contributed by atoms with Gasteiger partial charge in [0.25, 0.3) is 5.91 Å². The number of carbonyl (C=O) groups excluding carboxylic acids is 1. The van der Waals surface area contributed by atoms with Crippen LogP contribution in [0, 0.1) is 5.82 Å². The smallest absolute Gasteiger partial charge is 0.255 e. The van der Waals surface area contributed by atoms with Crippen LogP contribution in [0.1, 0.15) is 37.0 Å². The van der Waals surface area contributed by atoms with Gasteiger partial charge in [-0.25, -0.2) is 4.39 Å². The Labute approximate surface area is 106 Å². The Kier molecular flexibility index (Phi) is 5.42. The first-order valence-electron chi connectivity index (χ1n) is 5.84. The van der Waals surface area contributed by atoms with Crippen molar-refractivity contribution < 1.29 is 9.18 Å². The fraction of sp³-hybridized carbons (Fsp3) is 0.462. The molecule has 0 saturated carbocycles. The van der Waals surface area contributed by atoms with Gasteiger partial charge in [-0.15, -0.1) is 0 Å². The van der Waals surface area contributed by atoms with E-state index in [1.54, 1.807) is 4.90 Å². The largest absolute Gasteiger partial charge is 0.339 e. The van der Waals surface area contributed by atoms with Crippen LogP contribution in [0.5, 0.6) is 0 Å². The number of halogens is 2. The average Bonchev–Trinajstić information content (AvgIpc) is 2.29. The highest BCUT2D eigenvalue weighted by molar-refractivity contribution is 6.33. The lowest BCUT2D eigenvalue weighted by molar-refractivity contribution is 0.0762. The number of rotatable bonds is 5. The quantitative estimate of drug-likeness (QED) is 0.787. The minimum Gasteiger partial charge on any atom is -0.339 e. The van der Waals surface area contributed by atoms with Crippen molar-refractivity contribution in [3.05, 3.63) is 34.6 Å². The molecule has 0 N–H and O–H groups in total. The summed E-state index contributed by atoms with van der Waals surface area (Å²) < 4.78 is 12.9. The van der Waals surface area contributed by atoms with Gasteiger partial charge in [-0.3, -0.25) is 4.79 Å². The lowest BCUT2D eigenvalue weighted by Crippen LogP contribution is -2.31. The minimum atomic E-state index is -0.428. The van der Waals surface area contributed by atoms with Gasteiger partial charge in [0.15, 0.2) is 0 Å². The molecule has 0 aliphatic carbocycles. The van der Waals surface area contributed by atoms with E-state index in [4.69, 9.17) is 11.6 Å². The number of hydrogen-bond acceptors (Lipinski definition) is 1. The molecule has 0 saturated heterocycles. The number of benzene rings is 1. The standard InChI is InChI=1S/C13H17ClFNO/c1-3-5-8-16(4-2)13(17)11-7-6-10(15)9-12(11)14/h6-7,9H,3-5,8H2,1-2H3. The minimum absolute atomic E-state index is 0.133. The first-order chi connectivity index (χ1) is 8.10. The van der Waals surface area contributed by atoms with Crippen molar-refractivity contribution in [1.82, 2.24) is 4.90 Å². The molecule has 1 aromatic carbocycles. The molecule has 1 amide bonds. The molecule has 94 valence electrons. The van der Waals surface area contributed by atoms with Crippen molar-refractivity contribution in [3.8, 4) is 0 Å². The normalized spacial score (nSPS) is 10.4. The van der Waals surface area contributed by atoms with Crippen LogP contribution >= 0.6 is 11.6 Å². The second-order valence-corrected chi connectivity index (χ2v) is 4.27. The summed E-state index contributed by atoms with van der Waals surface area (Å²) in [7, 11) is 0. The molecule has 0 unspecified atom stereocenters. The summed E-state index contributed by atoms with van der Waals surface area (Å²) in [6, 6.07) is 3.86. The summed E-state index contributed by atoms with van der Waals surface area (Å²) in [5.74, 6) is -0.561. The highest BCUT2D eigenvalue weighted by Gasteiger charge is 2.16. The van der Waals surface area contributed by atoms with Crippen molar-refractivity contribution in [3.63, 3.8) is 0 Å². The van der Waals surface area contributed by atoms with Crippen LogP contribution in [0.4, 0.5) is 4.39 Å². The number of unbranched alkanes of at least 4 members (excludes halogenated alkanes) is 1. The third-order valence-electron chi connectivity index (χ3n) is 2.61. The summed E-state index contributed by atoms with van der Waals surface area (Å²) in [4.78, 5) is 13.9. The van der Waals surface area contributed by atoms with Gasteiger partial charge >= 0.3 is 0 Å². The van der Waals surface area contributed by atoms with Crippen molar-refractivity contribution in [2.45, 2.75) is 26.7 Å². The fourth-order valence-electron chi connectivity index (χ4n) is 1.59. The van der Waals surface area contributed by atoms with Crippen LogP contribution in [0.25, 0.3) is 0 Å². The van der Waals surface area contributed by atoms with Crippen LogP contribution in [-0.4, -0.2) is 23.9 Å². The molecular formula is C13H17ClFNO. The van der Waals surface area contributed by atoms with Gasteiger partial charge in [-0.05, 0) is 31.5 Å². The van der Waals surface area contributed by atoms with Gasteiger partial charge < -0.3 is 4.90 Å². The fourth-order valence-corrected chi connectivity index (χ4v) is 1.83. The van der Waals surface area contributed by atoms with E-state index in [0.29, 0.717) is 18.7 Å². The Morgan fingerprint density at radius 2 is 2.12 bits per heavy atom. The van der Waals surface area contributed by atoms with Gasteiger partial charge in [-0.2, -0.15) is 0 Å². The summed E-state index contributed by atoms with van der Waals surface area (Å²) in [6.07, 6.45) is 1.99. The highest BCUT2D eigenvalue weighted by Crippen LogP contribution is 2.19. The third-order valence-corrected chi connectivity index (χ3v) is 2.92. The van der Waals surface area contributed by atoms with Crippen LogP contribution in [0.15, 0.2) is 18.2 Å². The van der Waals surface area contributed by atoms with Crippen LogP contribution < -0.4 is 0 Å². The monoisotopic (exact) mass is 257 g/mol. The van der Waals surface area contributed by atoms with Gasteiger partial charge in [-0.1, -0.05) is 24.9 Å². The van der Waals surface area contributed by atoms with Gasteiger partial charge in [0.05, 0.1) is 10.6 Å². The number of carbonyl (C=O) groups is 1. The van der Waals surface area contributed by atoms with E-state index in [9.17, 15) is 9.18 Å². The van der Waals surface area contributed by atoms with Gasteiger partial charge in [0.1, 0.15) is 5.82 Å². The molecule has 0 aliphatic rings. The summed E-state index contributed by atoms with van der Waals surface area (Å²) in [5, 5.41) is 0.171. The van der Waals surface area contributed by atoms with E-state index in [1.807, 2.05) is 6.92 Å². The van der Waals surface area contributed by atoms with E-state index < -0.39 is 5.82 Å². The number of amides is 1. The predicted molar refractivity (Wildman–Crippen MR) is 67.9 cm³/mol. The second-order valence-electron chi connectivity index (χ2n) is 3.86.